The molecule has 0 aromatic heterocycles. The zero-order chi connectivity index (χ0) is 17.4. The lowest BCUT2D eigenvalue weighted by Crippen LogP contribution is -2.47. The predicted molar refractivity (Wildman–Crippen MR) is 92.2 cm³/mol. The van der Waals surface area contributed by atoms with Crippen LogP contribution in [0.25, 0.3) is 0 Å². The third-order valence-electron chi connectivity index (χ3n) is 5.45. The zero-order valence-electron chi connectivity index (χ0n) is 14.7. The molecule has 4 rings (SSSR count). The molecule has 1 aromatic rings. The van der Waals surface area contributed by atoms with Crippen LogP contribution >= 0.6 is 0 Å². The zero-order valence-corrected chi connectivity index (χ0v) is 14.7. The number of rotatable bonds is 2. The van der Waals surface area contributed by atoms with Gasteiger partial charge in [-0.1, -0.05) is 0 Å². The molecule has 0 radical (unpaired) electrons. The SMILES string of the molecule is C[C@@H]1COC2(CCN(C(=O)c3ccc(N4CCCC4)c(F)c3)CC2)O1. The summed E-state index contributed by atoms with van der Waals surface area (Å²) in [5.41, 5.74) is 1.02. The Labute approximate surface area is 147 Å². The highest BCUT2D eigenvalue weighted by atomic mass is 19.1. The first-order chi connectivity index (χ1) is 12.1. The van der Waals surface area contributed by atoms with E-state index in [-0.39, 0.29) is 17.8 Å². The lowest BCUT2D eigenvalue weighted by Gasteiger charge is -2.37. The number of ether oxygens (including phenoxy) is 2. The molecule has 25 heavy (non-hydrogen) atoms. The molecular weight excluding hydrogens is 323 g/mol. The highest BCUT2D eigenvalue weighted by molar-refractivity contribution is 5.94. The number of carbonyl (C=O) groups excluding carboxylic acids is 1. The van der Waals surface area contributed by atoms with Gasteiger partial charge in [0.25, 0.3) is 5.91 Å². The molecule has 0 saturated carbocycles. The van der Waals surface area contributed by atoms with Crippen LogP contribution < -0.4 is 4.90 Å². The molecule has 3 saturated heterocycles. The van der Waals surface area contributed by atoms with Gasteiger partial charge in [0.15, 0.2) is 5.79 Å². The summed E-state index contributed by atoms with van der Waals surface area (Å²) >= 11 is 0. The van der Waals surface area contributed by atoms with Gasteiger partial charge >= 0.3 is 0 Å². The maximum Gasteiger partial charge on any atom is 0.253 e. The average molecular weight is 348 g/mol. The molecule has 1 atom stereocenters. The van der Waals surface area contributed by atoms with Crippen LogP contribution in [0.1, 0.15) is 43.0 Å². The van der Waals surface area contributed by atoms with Crippen molar-refractivity contribution >= 4 is 11.6 Å². The number of piperidine rings is 1. The van der Waals surface area contributed by atoms with Crippen LogP contribution in [0, 0.1) is 5.82 Å². The van der Waals surface area contributed by atoms with E-state index in [1.54, 1.807) is 17.0 Å². The number of carbonyl (C=O) groups is 1. The van der Waals surface area contributed by atoms with Gasteiger partial charge in [0.2, 0.25) is 0 Å². The number of hydrogen-bond acceptors (Lipinski definition) is 4. The number of likely N-dealkylation sites (tertiary alicyclic amines) is 1. The Morgan fingerprint density at radius 3 is 2.52 bits per heavy atom. The second-order valence-electron chi connectivity index (χ2n) is 7.30. The van der Waals surface area contributed by atoms with Crippen molar-refractivity contribution in [3.63, 3.8) is 0 Å². The van der Waals surface area contributed by atoms with Gasteiger partial charge in [-0.3, -0.25) is 4.79 Å². The first-order valence-electron chi connectivity index (χ1n) is 9.22. The number of nitrogens with zero attached hydrogens (tertiary/aromatic N) is 2. The molecule has 3 heterocycles. The number of halogens is 1. The van der Waals surface area contributed by atoms with Gasteiger partial charge < -0.3 is 19.3 Å². The van der Waals surface area contributed by atoms with Gasteiger partial charge in [0.1, 0.15) is 5.82 Å². The lowest BCUT2D eigenvalue weighted by atomic mass is 10.0. The molecule has 0 N–H and O–H groups in total. The summed E-state index contributed by atoms with van der Waals surface area (Å²) in [6.45, 7) is 5.52. The second-order valence-corrected chi connectivity index (χ2v) is 7.30. The van der Waals surface area contributed by atoms with E-state index in [0.717, 1.165) is 25.9 Å². The largest absolute Gasteiger partial charge is 0.369 e. The molecular formula is C19H25FN2O3. The van der Waals surface area contributed by atoms with E-state index in [4.69, 9.17) is 9.47 Å². The Morgan fingerprint density at radius 2 is 1.92 bits per heavy atom. The van der Waals surface area contributed by atoms with Crippen LogP contribution in [-0.4, -0.2) is 55.5 Å². The Kier molecular flexibility index (Phi) is 4.41. The van der Waals surface area contributed by atoms with Crippen molar-refractivity contribution in [3.8, 4) is 0 Å². The van der Waals surface area contributed by atoms with E-state index in [2.05, 4.69) is 0 Å². The Hall–Kier alpha value is -1.66. The molecule has 1 amide bonds. The van der Waals surface area contributed by atoms with Crippen LogP contribution in [-0.2, 0) is 9.47 Å². The molecule has 0 aliphatic carbocycles. The van der Waals surface area contributed by atoms with E-state index < -0.39 is 5.79 Å². The standard InChI is InChI=1S/C19H25FN2O3/c1-14-13-24-19(25-14)6-10-22(11-7-19)18(23)15-4-5-17(16(20)12-15)21-8-2-3-9-21/h4-5,12,14H,2-3,6-11,13H2,1H3/t14-/m1/s1. The molecule has 136 valence electrons. The van der Waals surface area contributed by atoms with Crippen LogP contribution in [0.5, 0.6) is 0 Å². The Bertz CT molecular complexity index is 652. The Morgan fingerprint density at radius 1 is 1.20 bits per heavy atom. The fourth-order valence-electron chi connectivity index (χ4n) is 4.05. The van der Waals surface area contributed by atoms with Crippen LogP contribution in [0.2, 0.25) is 0 Å². The van der Waals surface area contributed by atoms with Crippen molar-refractivity contribution in [1.29, 1.82) is 0 Å². The summed E-state index contributed by atoms with van der Waals surface area (Å²) in [5.74, 6) is -0.952. The Balaban J connectivity index is 1.42. The topological polar surface area (TPSA) is 42.0 Å². The van der Waals surface area contributed by atoms with Crippen molar-refractivity contribution < 1.29 is 18.7 Å². The number of anilines is 1. The van der Waals surface area contributed by atoms with E-state index in [9.17, 15) is 9.18 Å². The molecule has 0 bridgehead atoms. The van der Waals surface area contributed by atoms with Crippen molar-refractivity contribution in [3.05, 3.63) is 29.6 Å². The summed E-state index contributed by atoms with van der Waals surface area (Å²) in [6, 6.07) is 4.86. The maximum atomic E-state index is 14.5. The van der Waals surface area contributed by atoms with Gasteiger partial charge in [-0.2, -0.15) is 0 Å². The monoisotopic (exact) mass is 348 g/mol. The summed E-state index contributed by atoms with van der Waals surface area (Å²) in [6.07, 6.45) is 3.63. The van der Waals surface area contributed by atoms with Gasteiger partial charge in [0.05, 0.1) is 18.4 Å². The molecule has 1 aromatic carbocycles. The van der Waals surface area contributed by atoms with E-state index in [0.29, 0.717) is 43.8 Å². The molecule has 3 aliphatic heterocycles. The number of amides is 1. The minimum Gasteiger partial charge on any atom is -0.369 e. The van der Waals surface area contributed by atoms with Crippen molar-refractivity contribution in [1.82, 2.24) is 4.90 Å². The van der Waals surface area contributed by atoms with E-state index >= 15 is 0 Å². The van der Waals surface area contributed by atoms with E-state index in [1.165, 1.54) is 6.07 Å². The molecule has 5 nitrogen and oxygen atoms in total. The van der Waals surface area contributed by atoms with Gasteiger partial charge in [-0.15, -0.1) is 0 Å². The van der Waals surface area contributed by atoms with Crippen molar-refractivity contribution in [2.24, 2.45) is 0 Å². The summed E-state index contributed by atoms with van der Waals surface area (Å²) < 4.78 is 26.1. The summed E-state index contributed by atoms with van der Waals surface area (Å²) in [7, 11) is 0. The molecule has 3 fully saturated rings. The van der Waals surface area contributed by atoms with E-state index in [1.807, 2.05) is 11.8 Å². The maximum absolute atomic E-state index is 14.5. The smallest absolute Gasteiger partial charge is 0.253 e. The minimum absolute atomic E-state index is 0.106. The number of hydrogen-bond donors (Lipinski definition) is 0. The lowest BCUT2D eigenvalue weighted by molar-refractivity contribution is -0.189. The highest BCUT2D eigenvalue weighted by Gasteiger charge is 2.43. The normalized spacial score (nSPS) is 25.8. The average Bonchev–Trinajstić information content (AvgIpc) is 3.25. The third-order valence-corrected chi connectivity index (χ3v) is 5.45. The minimum atomic E-state index is -0.527. The van der Waals surface area contributed by atoms with Gasteiger partial charge in [-0.05, 0) is 38.0 Å². The van der Waals surface area contributed by atoms with Crippen molar-refractivity contribution in [2.45, 2.75) is 44.5 Å². The van der Waals surface area contributed by atoms with Crippen molar-refractivity contribution in [2.75, 3.05) is 37.7 Å². The van der Waals surface area contributed by atoms with Gasteiger partial charge in [0, 0.05) is 44.6 Å². The van der Waals surface area contributed by atoms with Crippen LogP contribution in [0.15, 0.2) is 18.2 Å². The van der Waals surface area contributed by atoms with Crippen LogP contribution in [0.3, 0.4) is 0 Å². The first-order valence-corrected chi connectivity index (χ1v) is 9.22. The highest BCUT2D eigenvalue weighted by Crippen LogP contribution is 2.34. The fraction of sp³-hybridized carbons (Fsp3) is 0.632. The first kappa shape index (κ1) is 16.8. The molecule has 1 spiro atoms. The molecule has 6 heteroatoms. The number of benzene rings is 1. The quantitative estimate of drug-likeness (QED) is 0.824. The van der Waals surface area contributed by atoms with Gasteiger partial charge in [-0.25, -0.2) is 4.39 Å². The third kappa shape index (κ3) is 3.25. The fourth-order valence-corrected chi connectivity index (χ4v) is 4.05. The molecule has 3 aliphatic rings. The predicted octanol–water partition coefficient (Wildman–Crippen LogP) is 2.79. The second kappa shape index (κ2) is 6.57. The van der Waals surface area contributed by atoms with Crippen LogP contribution in [0.4, 0.5) is 10.1 Å². The summed E-state index contributed by atoms with van der Waals surface area (Å²) in [4.78, 5) is 16.5. The molecule has 0 unspecified atom stereocenters. The summed E-state index contributed by atoms with van der Waals surface area (Å²) in [5, 5.41) is 0.